The second kappa shape index (κ2) is 5.33. The molecule has 0 aromatic rings. The molecule has 0 N–H and O–H groups in total. The van der Waals surface area contributed by atoms with E-state index in [0.29, 0.717) is 36.4 Å². The molecule has 5 aliphatic carbocycles. The molecule has 7 unspecified atom stereocenters. The summed E-state index contributed by atoms with van der Waals surface area (Å²) in [6.07, 6.45) is 11.2. The van der Waals surface area contributed by atoms with Gasteiger partial charge in [-0.2, -0.15) is 0 Å². The summed E-state index contributed by atoms with van der Waals surface area (Å²) in [5.41, 5.74) is 3.26. The minimum absolute atomic E-state index is 0.0532. The van der Waals surface area contributed by atoms with E-state index in [9.17, 15) is 9.59 Å². The zero-order chi connectivity index (χ0) is 18.3. The number of ketones is 1. The number of rotatable bonds is 2. The summed E-state index contributed by atoms with van der Waals surface area (Å²) in [7, 11) is 0. The Kier molecular flexibility index (Phi) is 3.44. The summed E-state index contributed by atoms with van der Waals surface area (Å²) in [4.78, 5) is 24.0. The maximum Gasteiger partial charge on any atom is 0.305 e. The number of hydrogen-bond donors (Lipinski definition) is 0. The lowest BCUT2D eigenvalue weighted by atomic mass is 9.52. The van der Waals surface area contributed by atoms with E-state index in [4.69, 9.17) is 4.74 Å². The molecule has 0 aliphatic heterocycles. The van der Waals surface area contributed by atoms with Gasteiger partial charge in [0.05, 0.1) is 0 Å². The highest BCUT2D eigenvalue weighted by molar-refractivity contribution is 5.92. The topological polar surface area (TPSA) is 43.4 Å². The van der Waals surface area contributed by atoms with Crippen LogP contribution < -0.4 is 0 Å². The van der Waals surface area contributed by atoms with Gasteiger partial charge in [-0.1, -0.05) is 38.0 Å². The second-order valence-corrected chi connectivity index (χ2v) is 9.82. The first-order chi connectivity index (χ1) is 12.4. The number of ether oxygens (including phenoxy) is 1. The van der Waals surface area contributed by atoms with E-state index >= 15 is 0 Å². The van der Waals surface area contributed by atoms with Crippen LogP contribution in [0, 0.1) is 34.5 Å². The van der Waals surface area contributed by atoms with Gasteiger partial charge in [0.25, 0.3) is 0 Å². The molecule has 3 nitrogen and oxygen atoms in total. The van der Waals surface area contributed by atoms with Crippen LogP contribution in [0.15, 0.2) is 23.3 Å². The van der Waals surface area contributed by atoms with E-state index in [1.54, 1.807) is 5.57 Å². The first-order valence-electron chi connectivity index (χ1n) is 10.5. The van der Waals surface area contributed by atoms with Crippen LogP contribution in [0.5, 0.6) is 0 Å². The van der Waals surface area contributed by atoms with Crippen LogP contribution in [0.25, 0.3) is 0 Å². The van der Waals surface area contributed by atoms with Crippen LogP contribution in [0.1, 0.15) is 65.7 Å². The summed E-state index contributed by atoms with van der Waals surface area (Å²) in [5, 5.41) is 0. The molecular weight excluding hydrogens is 324 g/mol. The Morgan fingerprint density at radius 3 is 2.85 bits per heavy atom. The molecule has 0 spiro atoms. The molecule has 5 aliphatic rings. The molecule has 3 heteroatoms. The highest BCUT2D eigenvalue weighted by atomic mass is 16.5. The van der Waals surface area contributed by atoms with E-state index in [1.807, 2.05) is 13.0 Å². The fourth-order valence-corrected chi connectivity index (χ4v) is 7.06. The normalized spacial score (nSPS) is 48.4. The Bertz CT molecular complexity index is 747. The van der Waals surface area contributed by atoms with Crippen molar-refractivity contribution in [3.05, 3.63) is 23.3 Å². The van der Waals surface area contributed by atoms with Crippen molar-refractivity contribution in [2.45, 2.75) is 71.8 Å². The van der Waals surface area contributed by atoms with E-state index in [2.05, 4.69) is 19.9 Å². The van der Waals surface area contributed by atoms with Crippen LogP contribution in [-0.2, 0) is 14.3 Å². The first-order valence-corrected chi connectivity index (χ1v) is 10.5. The predicted octanol–water partition coefficient (Wildman–Crippen LogP) is 4.62. The van der Waals surface area contributed by atoms with Crippen LogP contribution >= 0.6 is 0 Å². The van der Waals surface area contributed by atoms with Crippen molar-refractivity contribution >= 4 is 11.8 Å². The summed E-state index contributed by atoms with van der Waals surface area (Å²) in [6, 6.07) is 0. The van der Waals surface area contributed by atoms with Gasteiger partial charge in [0.15, 0.2) is 5.78 Å². The van der Waals surface area contributed by atoms with Crippen LogP contribution in [0.4, 0.5) is 0 Å². The Morgan fingerprint density at radius 2 is 2.08 bits per heavy atom. The number of esters is 1. The maximum atomic E-state index is 12.0. The Labute approximate surface area is 156 Å². The van der Waals surface area contributed by atoms with Gasteiger partial charge in [-0.05, 0) is 61.9 Å². The Balaban J connectivity index is 1.52. The van der Waals surface area contributed by atoms with Gasteiger partial charge in [-0.25, -0.2) is 0 Å². The van der Waals surface area contributed by atoms with E-state index in [0.717, 1.165) is 25.2 Å². The molecule has 7 atom stereocenters. The van der Waals surface area contributed by atoms with Crippen LogP contribution in [0.3, 0.4) is 0 Å². The molecular formula is C23H30O3. The van der Waals surface area contributed by atoms with Crippen molar-refractivity contribution in [3.8, 4) is 0 Å². The van der Waals surface area contributed by atoms with E-state index < -0.39 is 0 Å². The molecule has 0 radical (unpaired) electrons. The lowest BCUT2D eigenvalue weighted by molar-refractivity contribution is -0.155. The second-order valence-electron chi connectivity index (χ2n) is 9.82. The van der Waals surface area contributed by atoms with Crippen molar-refractivity contribution in [2.24, 2.45) is 34.5 Å². The lowest BCUT2D eigenvalue weighted by Gasteiger charge is -2.53. The average molecular weight is 354 g/mol. The molecule has 26 heavy (non-hydrogen) atoms. The number of fused-ring (bicyclic) bond motifs is 8. The van der Waals surface area contributed by atoms with E-state index in [1.165, 1.54) is 18.4 Å². The Morgan fingerprint density at radius 1 is 1.27 bits per heavy atom. The molecule has 5 rings (SSSR count). The SMILES string of the molecule is CCC(=O)OC1CCC2C3C(=CCC12C)C1(C)CCC(=O)C=C1C1CC13. The highest BCUT2D eigenvalue weighted by Crippen LogP contribution is 2.72. The standard InChI is InChI=1S/C23H30O3/c1-4-20(25)26-19-6-5-16-21-15-12-14(15)18-11-13(24)7-9-22(18,2)17(21)8-10-23(16,19)3/h8,11,14-16,19,21H,4-7,9-10,12H2,1-3H3. The number of allylic oxidation sites excluding steroid dienone is 4. The summed E-state index contributed by atoms with van der Waals surface area (Å²) < 4.78 is 5.88. The summed E-state index contributed by atoms with van der Waals surface area (Å²) in [5.74, 6) is 2.89. The molecule has 0 bridgehead atoms. The predicted molar refractivity (Wildman–Crippen MR) is 99.2 cm³/mol. The van der Waals surface area contributed by atoms with Gasteiger partial charge in [-0.3, -0.25) is 9.59 Å². The first kappa shape index (κ1) is 16.8. The quantitative estimate of drug-likeness (QED) is 0.537. The number of carbonyl (C=O) groups excluding carboxylic acids is 2. The fraction of sp³-hybridized carbons (Fsp3) is 0.739. The van der Waals surface area contributed by atoms with Gasteiger partial charge < -0.3 is 4.74 Å². The van der Waals surface area contributed by atoms with Gasteiger partial charge in [0, 0.05) is 23.7 Å². The minimum Gasteiger partial charge on any atom is -0.462 e. The molecule has 0 heterocycles. The third kappa shape index (κ3) is 2.06. The van der Waals surface area contributed by atoms with Crippen molar-refractivity contribution in [3.63, 3.8) is 0 Å². The molecule has 0 saturated heterocycles. The van der Waals surface area contributed by atoms with E-state index in [-0.39, 0.29) is 22.9 Å². The molecule has 3 fully saturated rings. The van der Waals surface area contributed by atoms with Crippen molar-refractivity contribution < 1.29 is 14.3 Å². The van der Waals surface area contributed by atoms with Crippen molar-refractivity contribution in [1.82, 2.24) is 0 Å². The van der Waals surface area contributed by atoms with Gasteiger partial charge in [-0.15, -0.1) is 0 Å². The summed E-state index contributed by atoms with van der Waals surface area (Å²) in [6.45, 7) is 6.64. The summed E-state index contributed by atoms with van der Waals surface area (Å²) >= 11 is 0. The number of carbonyl (C=O) groups is 2. The third-order valence-corrected chi connectivity index (χ3v) is 8.60. The Hall–Kier alpha value is -1.38. The fourth-order valence-electron chi connectivity index (χ4n) is 7.06. The zero-order valence-electron chi connectivity index (χ0n) is 16.2. The van der Waals surface area contributed by atoms with Gasteiger partial charge >= 0.3 is 5.97 Å². The molecule has 3 saturated carbocycles. The van der Waals surface area contributed by atoms with Gasteiger partial charge in [0.2, 0.25) is 0 Å². The monoisotopic (exact) mass is 354 g/mol. The zero-order valence-corrected chi connectivity index (χ0v) is 16.2. The van der Waals surface area contributed by atoms with Crippen molar-refractivity contribution in [2.75, 3.05) is 0 Å². The molecule has 140 valence electrons. The lowest BCUT2D eigenvalue weighted by Crippen LogP contribution is -2.47. The third-order valence-electron chi connectivity index (χ3n) is 8.60. The number of hydrogen-bond acceptors (Lipinski definition) is 3. The largest absolute Gasteiger partial charge is 0.462 e. The van der Waals surface area contributed by atoms with Crippen molar-refractivity contribution in [1.29, 1.82) is 0 Å². The minimum atomic E-state index is -0.0532. The maximum absolute atomic E-state index is 12.0. The van der Waals surface area contributed by atoms with Crippen LogP contribution in [-0.4, -0.2) is 17.9 Å². The highest BCUT2D eigenvalue weighted by Gasteiger charge is 2.65. The molecule has 0 aromatic heterocycles. The smallest absolute Gasteiger partial charge is 0.305 e. The molecule has 0 amide bonds. The average Bonchev–Trinajstić information content (AvgIpc) is 3.34. The molecule has 0 aromatic carbocycles. The van der Waals surface area contributed by atoms with Gasteiger partial charge in [0.1, 0.15) is 6.10 Å². The van der Waals surface area contributed by atoms with Crippen LogP contribution in [0.2, 0.25) is 0 Å².